The van der Waals surface area contributed by atoms with Crippen LogP contribution in [0.1, 0.15) is 18.4 Å². The minimum Gasteiger partial charge on any atom is -0.462 e. The Kier molecular flexibility index (Phi) is 7.09. The van der Waals surface area contributed by atoms with E-state index in [1.54, 1.807) is 24.3 Å². The number of ether oxygens (including phenoxy) is 3. The summed E-state index contributed by atoms with van der Waals surface area (Å²) in [5.41, 5.74) is -1.77. The summed E-state index contributed by atoms with van der Waals surface area (Å²) in [7, 11) is 0. The van der Waals surface area contributed by atoms with Gasteiger partial charge in [-0.1, -0.05) is 24.3 Å². The van der Waals surface area contributed by atoms with Crippen molar-refractivity contribution in [1.82, 2.24) is 0 Å². The Morgan fingerprint density at radius 2 is 1.87 bits per heavy atom. The summed E-state index contributed by atoms with van der Waals surface area (Å²) in [4.78, 5) is 12.3. The first-order chi connectivity index (χ1) is 14.3. The van der Waals surface area contributed by atoms with Gasteiger partial charge in [0.15, 0.2) is 0 Å². The topological polar surface area (TPSA) is 166 Å². The molecule has 30 heavy (non-hydrogen) atoms. The molecule has 1 aliphatic heterocycles. The Morgan fingerprint density at radius 3 is 2.57 bits per heavy atom. The highest BCUT2D eigenvalue weighted by atomic mass is 16.7. The Hall–Kier alpha value is -2.05. The van der Waals surface area contributed by atoms with Crippen LogP contribution in [0.4, 0.5) is 0 Å². The molecule has 3 rings (SSSR count). The highest BCUT2D eigenvalue weighted by Gasteiger charge is 2.45. The first-order valence-corrected chi connectivity index (χ1v) is 9.58. The van der Waals surface area contributed by atoms with Gasteiger partial charge in [0.25, 0.3) is 0 Å². The molecule has 1 aromatic carbocycles. The lowest BCUT2D eigenvalue weighted by Gasteiger charge is -2.39. The molecule has 0 spiro atoms. The summed E-state index contributed by atoms with van der Waals surface area (Å²) in [6.07, 6.45) is -4.97. The van der Waals surface area contributed by atoms with Crippen molar-refractivity contribution >= 4 is 5.97 Å². The highest BCUT2D eigenvalue weighted by molar-refractivity contribution is 5.83. The molecular weight excluding hydrogens is 400 g/mol. The number of allylic oxidation sites excluding steroid dienone is 1. The molecule has 10 heteroatoms. The number of esters is 1. The van der Waals surface area contributed by atoms with Crippen molar-refractivity contribution in [3.8, 4) is 5.75 Å². The summed E-state index contributed by atoms with van der Waals surface area (Å²) in [6.45, 7) is -0.909. The zero-order valence-electron chi connectivity index (χ0n) is 16.1. The Morgan fingerprint density at radius 1 is 1.13 bits per heavy atom. The van der Waals surface area contributed by atoms with Gasteiger partial charge in [0.05, 0.1) is 12.7 Å². The maximum Gasteiger partial charge on any atom is 0.345 e. The lowest BCUT2D eigenvalue weighted by molar-refractivity contribution is -0.277. The van der Waals surface area contributed by atoms with Gasteiger partial charge >= 0.3 is 5.97 Å². The fourth-order valence-corrected chi connectivity index (χ4v) is 3.34. The molecule has 0 bridgehead atoms. The van der Waals surface area contributed by atoms with Crippen molar-refractivity contribution in [2.45, 2.75) is 61.9 Å². The lowest BCUT2D eigenvalue weighted by Crippen LogP contribution is -2.60. The largest absolute Gasteiger partial charge is 0.462 e. The minimum absolute atomic E-state index is 0.154. The standard InChI is InChI=1S/C20H26O10/c21-9-13-15(23)16(24)17(25)18(30-13)29-12-6-2-1-5-11(12)10-28-19(26)20(27)8-4-3-7-14(20)22/h1-2,4-6,8,13-18,21-25,27H,3,7,9-10H2/t13-,14-,15-,16+,17-,18+,20-/m1/s1. The summed E-state index contributed by atoms with van der Waals surface area (Å²) in [5, 5.41) is 59.5. The lowest BCUT2D eigenvalue weighted by atomic mass is 9.88. The summed E-state index contributed by atoms with van der Waals surface area (Å²) >= 11 is 0. The van der Waals surface area contributed by atoms with Crippen LogP contribution in [0, 0.1) is 0 Å². The van der Waals surface area contributed by atoms with E-state index in [1.165, 1.54) is 12.1 Å². The summed E-state index contributed by atoms with van der Waals surface area (Å²) < 4.78 is 16.1. The molecule has 1 saturated heterocycles. The molecular formula is C20H26O10. The Bertz CT molecular complexity index is 766. The van der Waals surface area contributed by atoms with E-state index in [0.717, 1.165) is 0 Å². The molecule has 2 aliphatic rings. The summed E-state index contributed by atoms with van der Waals surface area (Å²) in [6, 6.07) is 6.34. The van der Waals surface area contributed by atoms with Gasteiger partial charge < -0.3 is 44.8 Å². The third-order valence-corrected chi connectivity index (χ3v) is 5.24. The molecule has 166 valence electrons. The number of hydrogen-bond acceptors (Lipinski definition) is 10. The molecule has 1 aliphatic carbocycles. The second-order valence-electron chi connectivity index (χ2n) is 7.32. The second kappa shape index (κ2) is 9.40. The van der Waals surface area contributed by atoms with Crippen LogP contribution in [0.5, 0.6) is 5.75 Å². The quantitative estimate of drug-likeness (QED) is 0.229. The van der Waals surface area contributed by atoms with E-state index < -0.39 is 55.0 Å². The number of rotatable bonds is 6. The van der Waals surface area contributed by atoms with E-state index in [2.05, 4.69) is 0 Å². The zero-order chi connectivity index (χ0) is 21.9. The van der Waals surface area contributed by atoms with Crippen molar-refractivity contribution in [3.05, 3.63) is 42.0 Å². The zero-order valence-corrected chi connectivity index (χ0v) is 16.1. The molecule has 1 heterocycles. The average molecular weight is 426 g/mol. The van der Waals surface area contributed by atoms with Crippen LogP contribution >= 0.6 is 0 Å². The number of aliphatic hydroxyl groups is 6. The molecule has 0 aromatic heterocycles. The predicted molar refractivity (Wildman–Crippen MR) is 100.0 cm³/mol. The second-order valence-corrected chi connectivity index (χ2v) is 7.32. The van der Waals surface area contributed by atoms with Gasteiger partial charge in [0.1, 0.15) is 36.8 Å². The smallest absolute Gasteiger partial charge is 0.345 e. The van der Waals surface area contributed by atoms with Crippen LogP contribution in [-0.2, 0) is 20.9 Å². The molecule has 0 unspecified atom stereocenters. The van der Waals surface area contributed by atoms with Crippen molar-refractivity contribution in [2.75, 3.05) is 6.61 Å². The van der Waals surface area contributed by atoms with Gasteiger partial charge in [-0.2, -0.15) is 0 Å². The molecule has 10 nitrogen and oxygen atoms in total. The first-order valence-electron chi connectivity index (χ1n) is 9.58. The number of para-hydroxylation sites is 1. The number of hydrogen-bond donors (Lipinski definition) is 6. The van der Waals surface area contributed by atoms with E-state index in [0.29, 0.717) is 12.0 Å². The molecule has 0 saturated carbocycles. The van der Waals surface area contributed by atoms with E-state index >= 15 is 0 Å². The monoisotopic (exact) mass is 426 g/mol. The van der Waals surface area contributed by atoms with Gasteiger partial charge in [-0.05, 0) is 25.0 Å². The molecule has 0 amide bonds. The third kappa shape index (κ3) is 4.49. The van der Waals surface area contributed by atoms with E-state index in [9.17, 15) is 35.4 Å². The molecule has 0 radical (unpaired) electrons. The van der Waals surface area contributed by atoms with Gasteiger partial charge in [-0.3, -0.25) is 0 Å². The van der Waals surface area contributed by atoms with Gasteiger partial charge in [-0.15, -0.1) is 0 Å². The highest BCUT2D eigenvalue weighted by Crippen LogP contribution is 2.28. The van der Waals surface area contributed by atoms with Crippen LogP contribution in [0.15, 0.2) is 36.4 Å². The van der Waals surface area contributed by atoms with Crippen molar-refractivity contribution in [3.63, 3.8) is 0 Å². The van der Waals surface area contributed by atoms with E-state index in [-0.39, 0.29) is 18.8 Å². The van der Waals surface area contributed by atoms with Gasteiger partial charge in [0, 0.05) is 5.56 Å². The Balaban J connectivity index is 1.70. The minimum atomic E-state index is -2.13. The molecule has 7 atom stereocenters. The van der Waals surface area contributed by atoms with Crippen molar-refractivity contribution < 1.29 is 49.6 Å². The van der Waals surface area contributed by atoms with Gasteiger partial charge in [-0.25, -0.2) is 4.79 Å². The Labute approximate surface area is 172 Å². The molecule has 1 fully saturated rings. The van der Waals surface area contributed by atoms with Crippen LogP contribution in [0.3, 0.4) is 0 Å². The van der Waals surface area contributed by atoms with Crippen molar-refractivity contribution in [1.29, 1.82) is 0 Å². The molecule has 1 aromatic rings. The predicted octanol–water partition coefficient (Wildman–Crippen LogP) is -1.65. The van der Waals surface area contributed by atoms with Crippen molar-refractivity contribution in [2.24, 2.45) is 0 Å². The van der Waals surface area contributed by atoms with E-state index in [1.807, 2.05) is 0 Å². The number of benzene rings is 1. The normalized spacial score (nSPS) is 36.3. The summed E-state index contributed by atoms with van der Waals surface area (Å²) in [5.74, 6) is -0.866. The third-order valence-electron chi connectivity index (χ3n) is 5.24. The molecule has 6 N–H and O–H groups in total. The first kappa shape index (κ1) is 22.6. The van der Waals surface area contributed by atoms with Crippen LogP contribution in [0.2, 0.25) is 0 Å². The maximum atomic E-state index is 12.3. The SMILES string of the molecule is O=C(OCc1ccccc1O[C@H]1O[C@H](CO)[C@@H](O)[C@H](O)[C@H]1O)[C@@]1(O)C=CCC[C@H]1O. The fraction of sp³-hybridized carbons (Fsp3) is 0.550. The van der Waals surface area contributed by atoms with Crippen LogP contribution in [0.25, 0.3) is 0 Å². The van der Waals surface area contributed by atoms with Crippen LogP contribution in [-0.4, -0.2) is 85.6 Å². The number of carbonyl (C=O) groups is 1. The maximum absolute atomic E-state index is 12.3. The van der Waals surface area contributed by atoms with E-state index in [4.69, 9.17) is 14.2 Å². The average Bonchev–Trinajstić information content (AvgIpc) is 2.75. The van der Waals surface area contributed by atoms with Gasteiger partial charge in [0.2, 0.25) is 11.9 Å². The number of carbonyl (C=O) groups excluding carboxylic acids is 1. The van der Waals surface area contributed by atoms with Crippen LogP contribution < -0.4 is 4.74 Å². The number of aliphatic hydroxyl groups excluding tert-OH is 5. The fourth-order valence-electron chi connectivity index (χ4n) is 3.34.